The molecule has 1 aromatic carbocycles. The Morgan fingerprint density at radius 2 is 2.22 bits per heavy atom. The maximum Gasteiger partial charge on any atom is 0.165 e. The zero-order chi connectivity index (χ0) is 13.0. The summed E-state index contributed by atoms with van der Waals surface area (Å²) in [6.45, 7) is 1.11. The number of nitrogens with zero attached hydrogens (tertiary/aromatic N) is 2. The van der Waals surface area contributed by atoms with Gasteiger partial charge in [-0.05, 0) is 24.3 Å². The summed E-state index contributed by atoms with van der Waals surface area (Å²) in [5.74, 6) is 0.389. The van der Waals surface area contributed by atoms with E-state index in [2.05, 4.69) is 21.0 Å². The highest BCUT2D eigenvalue weighted by Gasteiger charge is 2.03. The van der Waals surface area contributed by atoms with E-state index in [-0.39, 0.29) is 11.6 Å². The first-order chi connectivity index (χ1) is 8.65. The predicted octanol–water partition coefficient (Wildman–Crippen LogP) is 2.84. The number of benzene rings is 1. The van der Waals surface area contributed by atoms with E-state index in [1.54, 1.807) is 29.1 Å². The Bertz CT molecular complexity index is 530. The molecule has 18 heavy (non-hydrogen) atoms. The van der Waals surface area contributed by atoms with Crippen LogP contribution < -0.4 is 10.5 Å². The summed E-state index contributed by atoms with van der Waals surface area (Å²) in [6.07, 6.45) is 2.53. The highest BCUT2D eigenvalue weighted by atomic mass is 79.9. The molecular weight excluding hydrogens is 301 g/mol. The van der Waals surface area contributed by atoms with Crippen LogP contribution in [0.5, 0.6) is 5.75 Å². The normalized spacial score (nSPS) is 10.6. The summed E-state index contributed by atoms with van der Waals surface area (Å²) in [4.78, 5) is 0. The fourth-order valence-corrected chi connectivity index (χ4v) is 1.84. The van der Waals surface area contributed by atoms with Gasteiger partial charge in [0, 0.05) is 23.6 Å². The van der Waals surface area contributed by atoms with Crippen LogP contribution in [-0.4, -0.2) is 16.4 Å². The minimum Gasteiger partial charge on any atom is -0.490 e. The number of hydrogen-bond donors (Lipinski definition) is 1. The molecule has 2 rings (SSSR count). The van der Waals surface area contributed by atoms with Crippen molar-refractivity contribution in [3.8, 4) is 5.75 Å². The molecule has 1 heterocycles. The molecule has 96 valence electrons. The summed E-state index contributed by atoms with van der Waals surface area (Å²) in [5.41, 5.74) is 5.49. The molecule has 0 saturated carbocycles. The fourth-order valence-electron chi connectivity index (χ4n) is 1.50. The van der Waals surface area contributed by atoms with Gasteiger partial charge in [0.1, 0.15) is 5.82 Å². The smallest absolute Gasteiger partial charge is 0.165 e. The second kappa shape index (κ2) is 5.86. The average molecular weight is 314 g/mol. The van der Waals surface area contributed by atoms with Crippen LogP contribution in [0.4, 0.5) is 10.2 Å². The molecule has 2 aromatic rings. The number of halogens is 2. The van der Waals surface area contributed by atoms with Crippen molar-refractivity contribution in [3.05, 3.63) is 40.8 Å². The van der Waals surface area contributed by atoms with Gasteiger partial charge in [-0.25, -0.2) is 4.39 Å². The van der Waals surface area contributed by atoms with E-state index in [0.29, 0.717) is 19.0 Å². The number of aromatic nitrogens is 2. The van der Waals surface area contributed by atoms with E-state index >= 15 is 0 Å². The maximum absolute atomic E-state index is 13.3. The fraction of sp³-hybridized carbons (Fsp3) is 0.250. The Morgan fingerprint density at radius 1 is 1.39 bits per heavy atom. The Kier molecular flexibility index (Phi) is 4.19. The molecule has 4 nitrogen and oxygen atoms in total. The number of hydrogen-bond acceptors (Lipinski definition) is 3. The quantitative estimate of drug-likeness (QED) is 0.864. The van der Waals surface area contributed by atoms with Crippen LogP contribution in [-0.2, 0) is 6.54 Å². The molecule has 0 aliphatic heterocycles. The van der Waals surface area contributed by atoms with Gasteiger partial charge in [0.05, 0.1) is 6.61 Å². The lowest BCUT2D eigenvalue weighted by molar-refractivity contribution is 0.285. The van der Waals surface area contributed by atoms with Crippen LogP contribution in [0, 0.1) is 5.82 Å². The number of aryl methyl sites for hydroxylation is 1. The van der Waals surface area contributed by atoms with E-state index in [1.807, 2.05) is 0 Å². The predicted molar refractivity (Wildman–Crippen MR) is 70.9 cm³/mol. The van der Waals surface area contributed by atoms with Gasteiger partial charge in [-0.2, -0.15) is 5.10 Å². The lowest BCUT2D eigenvalue weighted by Crippen LogP contribution is -2.06. The Labute approximate surface area is 113 Å². The van der Waals surface area contributed by atoms with Crippen molar-refractivity contribution in [2.75, 3.05) is 12.3 Å². The Balaban J connectivity index is 1.80. The lowest BCUT2D eigenvalue weighted by atomic mass is 10.3. The molecule has 0 amide bonds. The molecule has 0 unspecified atom stereocenters. The maximum atomic E-state index is 13.3. The molecular formula is C12H13BrFN3O. The largest absolute Gasteiger partial charge is 0.490 e. The van der Waals surface area contributed by atoms with Crippen molar-refractivity contribution in [3.63, 3.8) is 0 Å². The summed E-state index contributed by atoms with van der Waals surface area (Å²) in [7, 11) is 0. The van der Waals surface area contributed by atoms with Crippen molar-refractivity contribution in [1.29, 1.82) is 0 Å². The molecule has 0 fully saturated rings. The van der Waals surface area contributed by atoms with Gasteiger partial charge in [0.25, 0.3) is 0 Å². The Hall–Kier alpha value is -1.56. The Morgan fingerprint density at radius 3 is 2.94 bits per heavy atom. The zero-order valence-corrected chi connectivity index (χ0v) is 11.2. The minimum absolute atomic E-state index is 0.254. The molecule has 0 atom stereocenters. The molecule has 2 N–H and O–H groups in total. The number of anilines is 1. The molecule has 0 spiro atoms. The third-order valence-electron chi connectivity index (χ3n) is 2.34. The average Bonchev–Trinajstić information content (AvgIpc) is 2.75. The number of nitrogen functional groups attached to an aromatic ring is 1. The molecule has 0 aliphatic carbocycles. The van der Waals surface area contributed by atoms with Crippen molar-refractivity contribution < 1.29 is 9.13 Å². The standard InChI is InChI=1S/C12H13BrFN3O/c13-9-2-3-10(14)11(8-9)18-7-1-5-17-6-4-12(15)16-17/h2-4,6,8H,1,5,7H2,(H2,15,16). The van der Waals surface area contributed by atoms with Gasteiger partial charge in [-0.1, -0.05) is 15.9 Å². The van der Waals surface area contributed by atoms with Crippen molar-refractivity contribution in [2.45, 2.75) is 13.0 Å². The molecule has 0 bridgehead atoms. The second-order valence-corrected chi connectivity index (χ2v) is 4.70. The molecule has 0 saturated heterocycles. The number of nitrogens with two attached hydrogens (primary N) is 1. The van der Waals surface area contributed by atoms with Gasteiger partial charge in [-0.15, -0.1) is 0 Å². The van der Waals surface area contributed by atoms with E-state index in [1.165, 1.54) is 6.07 Å². The topological polar surface area (TPSA) is 53.1 Å². The third kappa shape index (κ3) is 3.46. The van der Waals surface area contributed by atoms with Crippen molar-refractivity contribution in [1.82, 2.24) is 9.78 Å². The molecule has 6 heteroatoms. The van der Waals surface area contributed by atoms with Crippen LogP contribution in [0.1, 0.15) is 6.42 Å². The van der Waals surface area contributed by atoms with E-state index in [9.17, 15) is 4.39 Å². The van der Waals surface area contributed by atoms with Crippen LogP contribution in [0.25, 0.3) is 0 Å². The van der Waals surface area contributed by atoms with Crippen LogP contribution in [0.3, 0.4) is 0 Å². The monoisotopic (exact) mass is 313 g/mol. The molecule has 0 aliphatic rings. The summed E-state index contributed by atoms with van der Waals surface area (Å²) < 4.78 is 21.2. The number of ether oxygens (including phenoxy) is 1. The summed E-state index contributed by atoms with van der Waals surface area (Å²) in [6, 6.07) is 6.35. The van der Waals surface area contributed by atoms with Gasteiger partial charge in [0.2, 0.25) is 0 Å². The van der Waals surface area contributed by atoms with E-state index < -0.39 is 0 Å². The van der Waals surface area contributed by atoms with Crippen molar-refractivity contribution >= 4 is 21.7 Å². The highest BCUT2D eigenvalue weighted by Crippen LogP contribution is 2.22. The molecule has 0 radical (unpaired) electrons. The first kappa shape index (κ1) is 12.9. The minimum atomic E-state index is -0.360. The summed E-state index contributed by atoms with van der Waals surface area (Å²) >= 11 is 3.27. The van der Waals surface area contributed by atoms with Crippen LogP contribution >= 0.6 is 15.9 Å². The summed E-state index contributed by atoms with van der Waals surface area (Å²) in [5, 5.41) is 4.04. The number of rotatable bonds is 5. The SMILES string of the molecule is Nc1ccn(CCCOc2cc(Br)ccc2F)n1. The lowest BCUT2D eigenvalue weighted by Gasteiger charge is -2.07. The zero-order valence-electron chi connectivity index (χ0n) is 9.64. The van der Waals surface area contributed by atoms with E-state index in [0.717, 1.165) is 10.9 Å². The third-order valence-corrected chi connectivity index (χ3v) is 2.84. The highest BCUT2D eigenvalue weighted by molar-refractivity contribution is 9.10. The van der Waals surface area contributed by atoms with Gasteiger partial charge in [-0.3, -0.25) is 4.68 Å². The van der Waals surface area contributed by atoms with Crippen molar-refractivity contribution in [2.24, 2.45) is 0 Å². The van der Waals surface area contributed by atoms with Gasteiger partial charge >= 0.3 is 0 Å². The van der Waals surface area contributed by atoms with Gasteiger partial charge in [0.15, 0.2) is 11.6 Å². The second-order valence-electron chi connectivity index (χ2n) is 3.78. The van der Waals surface area contributed by atoms with Gasteiger partial charge < -0.3 is 10.5 Å². The van der Waals surface area contributed by atoms with Crippen LogP contribution in [0.15, 0.2) is 34.9 Å². The molecule has 1 aromatic heterocycles. The van der Waals surface area contributed by atoms with Crippen LogP contribution in [0.2, 0.25) is 0 Å². The van der Waals surface area contributed by atoms with E-state index in [4.69, 9.17) is 10.5 Å². The first-order valence-electron chi connectivity index (χ1n) is 5.52. The first-order valence-corrected chi connectivity index (χ1v) is 6.31.